The van der Waals surface area contributed by atoms with Gasteiger partial charge in [0.15, 0.2) is 17.5 Å². The molecule has 13 rings (SSSR count). The molecule has 0 fully saturated rings. The normalized spacial score (nSPS) is 12.3. The monoisotopic (exact) mass is 768 g/mol. The number of rotatable bonds is 4. The third-order valence-corrected chi connectivity index (χ3v) is 13.4. The molecule has 0 saturated heterocycles. The molecule has 0 N–H and O–H groups in total. The van der Waals surface area contributed by atoms with Crippen molar-refractivity contribution in [2.24, 2.45) is 0 Å². The second-order valence-corrected chi connectivity index (χ2v) is 16.6. The Balaban J connectivity index is 1.16. The third-order valence-electron chi connectivity index (χ3n) is 12.2. The Morgan fingerprint density at radius 2 is 1.08 bits per heavy atom. The molecular weight excluding hydrogens is 737 g/mol. The molecule has 0 unspecified atom stereocenters. The van der Waals surface area contributed by atoms with Gasteiger partial charge in [-0.1, -0.05) is 140 Å². The van der Waals surface area contributed by atoms with Crippen LogP contribution in [0, 0.1) is 0 Å². The highest BCUT2D eigenvalue weighted by Gasteiger charge is 2.25. The first-order valence-electron chi connectivity index (χ1n) is 20.1. The van der Waals surface area contributed by atoms with Crippen LogP contribution in [0.15, 0.2) is 182 Å². The van der Waals surface area contributed by atoms with Crippen molar-refractivity contribution in [2.75, 3.05) is 0 Å². The first-order valence-corrected chi connectivity index (χ1v) is 20.9. The molecule has 0 amide bonds. The van der Waals surface area contributed by atoms with Crippen LogP contribution in [0.2, 0.25) is 0 Å². The molecule has 4 nitrogen and oxygen atoms in total. The van der Waals surface area contributed by atoms with Gasteiger partial charge in [0.2, 0.25) is 0 Å². The Morgan fingerprint density at radius 3 is 2.00 bits per heavy atom. The summed E-state index contributed by atoms with van der Waals surface area (Å²) in [5.41, 5.74) is 11.5. The number of hydrogen-bond acceptors (Lipinski definition) is 4. The zero-order chi connectivity index (χ0) is 38.6. The average molecular weight is 769 g/mol. The van der Waals surface area contributed by atoms with Crippen LogP contribution in [-0.2, 0) is 6.42 Å². The van der Waals surface area contributed by atoms with Crippen LogP contribution in [0.1, 0.15) is 11.1 Å². The summed E-state index contributed by atoms with van der Waals surface area (Å²) in [5.74, 6) is 1.95. The second kappa shape index (κ2) is 12.5. The van der Waals surface area contributed by atoms with Crippen LogP contribution in [0.25, 0.3) is 115 Å². The van der Waals surface area contributed by atoms with Gasteiger partial charge in [-0.25, -0.2) is 15.0 Å². The fourth-order valence-electron chi connectivity index (χ4n) is 9.55. The molecule has 5 heteroatoms. The van der Waals surface area contributed by atoms with Gasteiger partial charge < -0.3 is 4.57 Å². The molecule has 3 heterocycles. The van der Waals surface area contributed by atoms with E-state index < -0.39 is 0 Å². The molecule has 1 aliphatic carbocycles. The average Bonchev–Trinajstić information content (AvgIpc) is 3.96. The Kier molecular flexibility index (Phi) is 6.91. The summed E-state index contributed by atoms with van der Waals surface area (Å²) in [4.78, 5) is 16.5. The highest BCUT2D eigenvalue weighted by Crippen LogP contribution is 2.46. The number of aromatic nitrogens is 4. The highest BCUT2D eigenvalue weighted by molar-refractivity contribution is 7.26. The van der Waals surface area contributed by atoms with Gasteiger partial charge in [0, 0.05) is 42.1 Å². The summed E-state index contributed by atoms with van der Waals surface area (Å²) in [7, 11) is 0. The minimum Gasteiger partial charge on any atom is -0.308 e. The Labute approximate surface area is 343 Å². The maximum atomic E-state index is 5.55. The van der Waals surface area contributed by atoms with Crippen LogP contribution in [0.5, 0.6) is 0 Å². The van der Waals surface area contributed by atoms with Gasteiger partial charge in [0.1, 0.15) is 0 Å². The van der Waals surface area contributed by atoms with E-state index in [4.69, 9.17) is 15.0 Å². The molecule has 0 aliphatic heterocycles. The van der Waals surface area contributed by atoms with Crippen LogP contribution >= 0.6 is 11.3 Å². The van der Waals surface area contributed by atoms with E-state index in [1.54, 1.807) is 0 Å². The molecular formula is C54H32N4S. The number of thiophene rings is 1. The number of benzene rings is 9. The highest BCUT2D eigenvalue weighted by atomic mass is 32.1. The smallest absolute Gasteiger partial charge is 0.166 e. The van der Waals surface area contributed by atoms with Gasteiger partial charge in [-0.2, -0.15) is 0 Å². The van der Waals surface area contributed by atoms with Crippen molar-refractivity contribution in [1.29, 1.82) is 0 Å². The van der Waals surface area contributed by atoms with Crippen molar-refractivity contribution in [1.82, 2.24) is 19.5 Å². The number of para-hydroxylation sites is 1. The fourth-order valence-corrected chi connectivity index (χ4v) is 10.7. The van der Waals surface area contributed by atoms with Crippen LogP contribution in [0.4, 0.5) is 0 Å². The largest absolute Gasteiger partial charge is 0.308 e. The van der Waals surface area contributed by atoms with E-state index >= 15 is 0 Å². The van der Waals surface area contributed by atoms with Gasteiger partial charge in [0.05, 0.1) is 22.3 Å². The lowest BCUT2D eigenvalue weighted by molar-refractivity contribution is 1.07. The van der Waals surface area contributed by atoms with Crippen LogP contribution < -0.4 is 0 Å². The predicted octanol–water partition coefficient (Wildman–Crippen LogP) is 14.2. The second-order valence-electron chi connectivity index (χ2n) is 15.5. The summed E-state index contributed by atoms with van der Waals surface area (Å²) in [6, 6.07) is 65.7. The summed E-state index contributed by atoms with van der Waals surface area (Å²) < 4.78 is 4.86. The minimum absolute atomic E-state index is 0.648. The summed E-state index contributed by atoms with van der Waals surface area (Å²) in [5, 5.41) is 9.44. The summed E-state index contributed by atoms with van der Waals surface area (Å²) in [6.07, 6.45) is 0.931. The van der Waals surface area contributed by atoms with Crippen molar-refractivity contribution in [3.05, 3.63) is 193 Å². The van der Waals surface area contributed by atoms with Crippen molar-refractivity contribution in [3.8, 4) is 51.0 Å². The Morgan fingerprint density at radius 1 is 0.407 bits per heavy atom. The molecule has 0 saturated carbocycles. The minimum atomic E-state index is 0.648. The lowest BCUT2D eigenvalue weighted by Gasteiger charge is -2.17. The Hall–Kier alpha value is -7.47. The van der Waals surface area contributed by atoms with Crippen molar-refractivity contribution < 1.29 is 0 Å². The number of hydrogen-bond donors (Lipinski definition) is 0. The molecule has 0 bridgehead atoms. The molecule has 1 aliphatic rings. The molecule has 274 valence electrons. The maximum Gasteiger partial charge on any atom is 0.166 e. The molecule has 59 heavy (non-hydrogen) atoms. The zero-order valence-electron chi connectivity index (χ0n) is 31.7. The number of nitrogens with zero attached hydrogens (tertiary/aromatic N) is 4. The first-order chi connectivity index (χ1) is 29.2. The van der Waals surface area contributed by atoms with E-state index in [-0.39, 0.29) is 0 Å². The van der Waals surface area contributed by atoms with Gasteiger partial charge in [0.25, 0.3) is 0 Å². The topological polar surface area (TPSA) is 43.6 Å². The SMILES string of the molecule is c1ccc2c(c1)Cc1ccc(-c3nc(-c4cccc5ccccc45)nc(-c4c(-n5c6ccccc6c6cc7ccccc7cc65)ccc5sc6ccccc6c45)n3)cc1-2. The van der Waals surface area contributed by atoms with Gasteiger partial charge in [-0.05, 0) is 92.7 Å². The molecule has 12 aromatic rings. The van der Waals surface area contributed by atoms with Crippen LogP contribution in [0.3, 0.4) is 0 Å². The van der Waals surface area contributed by atoms with Crippen molar-refractivity contribution >= 4 is 74.9 Å². The van der Waals surface area contributed by atoms with Gasteiger partial charge in [-0.15, -0.1) is 11.3 Å². The zero-order valence-corrected chi connectivity index (χ0v) is 32.5. The summed E-state index contributed by atoms with van der Waals surface area (Å²) in [6.45, 7) is 0. The van der Waals surface area contributed by atoms with Crippen LogP contribution in [-0.4, -0.2) is 19.5 Å². The standard InChI is InChI=1S/C54H32N4S/c1-2-14-34-31-47-44(29-33(34)13-1)40-19-7-9-22-45(40)58(47)46-26-27-49-50(42-20-8-10-23-48(42)59-49)51(46)54-56-52(37-25-24-36-28-35-15-4-6-18-39(35)43(36)30-37)55-53(57-54)41-21-11-16-32-12-3-5-17-38(32)41/h1-27,29-31H,28H2. The third kappa shape index (κ3) is 4.92. The lowest BCUT2D eigenvalue weighted by atomic mass is 10.0. The molecule has 3 aromatic heterocycles. The lowest BCUT2D eigenvalue weighted by Crippen LogP contribution is -2.04. The van der Waals surface area contributed by atoms with E-state index in [1.807, 2.05) is 11.3 Å². The van der Waals surface area contributed by atoms with E-state index in [0.29, 0.717) is 17.5 Å². The molecule has 0 atom stereocenters. The molecule has 0 radical (unpaired) electrons. The van der Waals surface area contributed by atoms with Gasteiger partial charge >= 0.3 is 0 Å². The summed E-state index contributed by atoms with van der Waals surface area (Å²) >= 11 is 1.82. The van der Waals surface area contributed by atoms with E-state index in [9.17, 15) is 0 Å². The first kappa shape index (κ1) is 32.6. The van der Waals surface area contributed by atoms with E-state index in [0.717, 1.165) is 56.0 Å². The van der Waals surface area contributed by atoms with Crippen molar-refractivity contribution in [3.63, 3.8) is 0 Å². The van der Waals surface area contributed by atoms with E-state index in [1.165, 1.54) is 58.6 Å². The predicted molar refractivity (Wildman–Crippen MR) is 247 cm³/mol. The van der Waals surface area contributed by atoms with Gasteiger partial charge in [-0.3, -0.25) is 0 Å². The molecule has 9 aromatic carbocycles. The fraction of sp³-hybridized carbons (Fsp3) is 0.0185. The quantitative estimate of drug-likeness (QED) is 0.179. The Bertz CT molecular complexity index is 3720. The number of fused-ring (bicyclic) bond motifs is 11. The maximum absolute atomic E-state index is 5.55. The van der Waals surface area contributed by atoms with Crippen molar-refractivity contribution in [2.45, 2.75) is 6.42 Å². The van der Waals surface area contributed by atoms with E-state index in [2.05, 4.69) is 187 Å². The molecule has 0 spiro atoms.